The molecule has 0 rings (SSSR count). The van der Waals surface area contributed by atoms with Crippen molar-refractivity contribution in [2.24, 2.45) is 5.73 Å². The van der Waals surface area contributed by atoms with Gasteiger partial charge in [0.1, 0.15) is 37.1 Å². The Morgan fingerprint density at radius 2 is 1.68 bits per heavy atom. The number of aliphatic hydroxyl groups excluding tert-OH is 6. The van der Waals surface area contributed by atoms with Crippen molar-refractivity contribution in [2.45, 2.75) is 36.9 Å². The molecule has 0 fully saturated rings. The number of carbonyl (C=O) groups excluding carboxylic acids is 1. The molecule has 0 aromatic carbocycles. The Morgan fingerprint density at radius 3 is 2.23 bits per heavy atom. The van der Waals surface area contributed by atoms with E-state index >= 15 is 0 Å². The third-order valence-electron chi connectivity index (χ3n) is 2.77. The van der Waals surface area contributed by atoms with E-state index in [2.05, 4.69) is 0 Å². The van der Waals surface area contributed by atoms with Crippen LogP contribution in [-0.2, 0) is 9.53 Å². The van der Waals surface area contributed by atoms with Crippen LogP contribution in [0, 0.1) is 0 Å². The lowest BCUT2D eigenvalue weighted by atomic mass is 10.0. The van der Waals surface area contributed by atoms with Crippen LogP contribution >= 0.6 is 11.8 Å². The van der Waals surface area contributed by atoms with Crippen LogP contribution in [0.25, 0.3) is 0 Å². The highest BCUT2D eigenvalue weighted by Crippen LogP contribution is 2.07. The quantitative estimate of drug-likeness (QED) is 0.139. The van der Waals surface area contributed by atoms with Gasteiger partial charge in [-0.05, 0) is 12.2 Å². The summed E-state index contributed by atoms with van der Waals surface area (Å²) >= 11 is 1.37. The van der Waals surface area contributed by atoms with Crippen molar-refractivity contribution in [3.63, 3.8) is 0 Å². The van der Waals surface area contributed by atoms with E-state index in [9.17, 15) is 20.1 Å². The number of esters is 1. The molecule has 0 aromatic rings. The van der Waals surface area contributed by atoms with E-state index in [4.69, 9.17) is 25.8 Å². The molecular formula is C12H25NO8S. The summed E-state index contributed by atoms with van der Waals surface area (Å²) in [6.45, 7) is -1.34. The first-order valence-corrected chi connectivity index (χ1v) is 7.94. The van der Waals surface area contributed by atoms with Crippen LogP contribution in [0.4, 0.5) is 0 Å². The molecule has 0 aliphatic heterocycles. The summed E-state index contributed by atoms with van der Waals surface area (Å²) in [5.74, 6) is 0.146. The molecule has 22 heavy (non-hydrogen) atoms. The third-order valence-corrected chi connectivity index (χ3v) is 3.94. The molecule has 0 spiro atoms. The molecule has 0 saturated carbocycles. The molecular weight excluding hydrogens is 318 g/mol. The molecule has 8 N–H and O–H groups in total. The highest BCUT2D eigenvalue weighted by atomic mass is 32.2. The highest BCUT2D eigenvalue weighted by Gasteiger charge is 2.31. The van der Waals surface area contributed by atoms with Crippen molar-refractivity contribution in [2.75, 3.05) is 31.3 Å². The zero-order chi connectivity index (χ0) is 17.1. The average Bonchev–Trinajstić information content (AvgIpc) is 2.53. The van der Waals surface area contributed by atoms with E-state index in [0.717, 1.165) is 0 Å². The van der Waals surface area contributed by atoms with Crippen molar-refractivity contribution in [1.82, 2.24) is 0 Å². The Kier molecular flexibility index (Phi) is 11.8. The Labute approximate surface area is 132 Å². The van der Waals surface area contributed by atoms with E-state index < -0.39 is 49.6 Å². The SMILES string of the molecule is N[C@@H](CSCCCO)C(=O)OC[C@H](O)[C@@H](O)[C@H](O)[C@H](O)CO. The Hall–Kier alpha value is -0.460. The molecule has 0 aromatic heterocycles. The van der Waals surface area contributed by atoms with Crippen LogP contribution in [0.1, 0.15) is 6.42 Å². The standard InChI is InChI=1S/C12H25NO8S/c13-7(6-22-3-1-2-14)12(20)21-5-9(17)11(19)10(18)8(16)4-15/h7-11,14-19H,1-6,13H2/t7-,8+,9-,10+,11+/m0/s1. The summed E-state index contributed by atoms with van der Waals surface area (Å²) in [4.78, 5) is 11.5. The van der Waals surface area contributed by atoms with E-state index in [1.165, 1.54) is 11.8 Å². The van der Waals surface area contributed by atoms with Crippen molar-refractivity contribution < 1.29 is 40.2 Å². The number of hydrogen-bond acceptors (Lipinski definition) is 10. The molecule has 132 valence electrons. The molecule has 10 heteroatoms. The lowest BCUT2D eigenvalue weighted by molar-refractivity contribution is -0.157. The van der Waals surface area contributed by atoms with E-state index in [-0.39, 0.29) is 12.4 Å². The van der Waals surface area contributed by atoms with Gasteiger partial charge in [0.05, 0.1) is 6.61 Å². The fraction of sp³-hybridized carbons (Fsp3) is 0.917. The van der Waals surface area contributed by atoms with Gasteiger partial charge in [-0.1, -0.05) is 0 Å². The van der Waals surface area contributed by atoms with Crippen molar-refractivity contribution in [3.05, 3.63) is 0 Å². The zero-order valence-electron chi connectivity index (χ0n) is 12.1. The summed E-state index contributed by atoms with van der Waals surface area (Å²) in [5, 5.41) is 54.8. The van der Waals surface area contributed by atoms with Crippen molar-refractivity contribution in [1.29, 1.82) is 0 Å². The first kappa shape index (κ1) is 21.5. The van der Waals surface area contributed by atoms with Crippen LogP contribution in [0.3, 0.4) is 0 Å². The van der Waals surface area contributed by atoms with E-state index in [1.54, 1.807) is 0 Å². The fourth-order valence-corrected chi connectivity index (χ4v) is 2.27. The predicted octanol–water partition coefficient (Wildman–Crippen LogP) is -3.59. The lowest BCUT2D eigenvalue weighted by Gasteiger charge is -2.25. The molecule has 0 aliphatic rings. The molecule has 0 radical (unpaired) electrons. The average molecular weight is 343 g/mol. The van der Waals surface area contributed by atoms with Crippen molar-refractivity contribution >= 4 is 17.7 Å². The summed E-state index contributed by atoms with van der Waals surface area (Å²) in [6, 6.07) is -0.916. The predicted molar refractivity (Wildman–Crippen MR) is 79.1 cm³/mol. The minimum atomic E-state index is -1.79. The topological polar surface area (TPSA) is 174 Å². The molecule has 0 bridgehead atoms. The molecule has 0 unspecified atom stereocenters. The van der Waals surface area contributed by atoms with Gasteiger partial charge in [0.2, 0.25) is 0 Å². The first-order valence-electron chi connectivity index (χ1n) is 6.79. The number of hydrogen-bond donors (Lipinski definition) is 7. The van der Waals surface area contributed by atoms with Gasteiger partial charge < -0.3 is 41.1 Å². The second-order valence-corrected chi connectivity index (χ2v) is 5.84. The maximum atomic E-state index is 11.5. The van der Waals surface area contributed by atoms with E-state index in [1.807, 2.05) is 0 Å². The number of carbonyl (C=O) groups is 1. The molecule has 0 saturated heterocycles. The second kappa shape index (κ2) is 12.0. The minimum absolute atomic E-state index is 0.0543. The second-order valence-electron chi connectivity index (χ2n) is 4.69. The smallest absolute Gasteiger partial charge is 0.323 e. The molecule has 0 heterocycles. The zero-order valence-corrected chi connectivity index (χ0v) is 12.9. The molecule has 5 atom stereocenters. The molecule has 0 aliphatic carbocycles. The molecule has 0 amide bonds. The van der Waals surface area contributed by atoms with Gasteiger partial charge >= 0.3 is 5.97 Å². The molecule has 9 nitrogen and oxygen atoms in total. The van der Waals surface area contributed by atoms with Gasteiger partial charge in [-0.25, -0.2) is 0 Å². The first-order chi connectivity index (χ1) is 10.3. The summed E-state index contributed by atoms with van der Waals surface area (Å²) in [5.41, 5.74) is 5.57. The number of thioether (sulfide) groups is 1. The Bertz CT molecular complexity index is 309. The van der Waals surface area contributed by atoms with Gasteiger partial charge in [-0.3, -0.25) is 4.79 Å². The summed E-state index contributed by atoms with van der Waals surface area (Å²) in [7, 11) is 0. The Morgan fingerprint density at radius 1 is 1.09 bits per heavy atom. The van der Waals surface area contributed by atoms with Crippen LogP contribution < -0.4 is 5.73 Å². The highest BCUT2D eigenvalue weighted by molar-refractivity contribution is 7.99. The fourth-order valence-electron chi connectivity index (χ4n) is 1.38. The number of aliphatic hydroxyl groups is 6. The maximum Gasteiger partial charge on any atom is 0.323 e. The lowest BCUT2D eigenvalue weighted by Crippen LogP contribution is -2.48. The maximum absolute atomic E-state index is 11.5. The monoisotopic (exact) mass is 343 g/mol. The Balaban J connectivity index is 4.06. The summed E-state index contributed by atoms with van der Waals surface area (Å²) < 4.78 is 4.72. The number of nitrogens with two attached hydrogens (primary N) is 1. The van der Waals surface area contributed by atoms with Gasteiger partial charge in [0.15, 0.2) is 0 Å². The number of ether oxygens (including phenoxy) is 1. The van der Waals surface area contributed by atoms with Crippen LogP contribution in [0.15, 0.2) is 0 Å². The van der Waals surface area contributed by atoms with Crippen LogP contribution in [0.2, 0.25) is 0 Å². The van der Waals surface area contributed by atoms with Crippen LogP contribution in [0.5, 0.6) is 0 Å². The minimum Gasteiger partial charge on any atom is -0.462 e. The van der Waals surface area contributed by atoms with Gasteiger partial charge in [0, 0.05) is 12.4 Å². The normalized spacial score (nSPS) is 18.3. The third kappa shape index (κ3) is 8.25. The van der Waals surface area contributed by atoms with Crippen molar-refractivity contribution in [3.8, 4) is 0 Å². The van der Waals surface area contributed by atoms with Crippen LogP contribution in [-0.4, -0.2) is 98.4 Å². The van der Waals surface area contributed by atoms with Gasteiger partial charge in [-0.15, -0.1) is 0 Å². The van der Waals surface area contributed by atoms with Gasteiger partial charge in [-0.2, -0.15) is 11.8 Å². The number of rotatable bonds is 12. The summed E-state index contributed by atoms with van der Waals surface area (Å²) in [6.07, 6.45) is -6.23. The van der Waals surface area contributed by atoms with Gasteiger partial charge in [0.25, 0.3) is 0 Å². The van der Waals surface area contributed by atoms with E-state index in [0.29, 0.717) is 12.2 Å². The largest absolute Gasteiger partial charge is 0.462 e.